The van der Waals surface area contributed by atoms with Crippen molar-refractivity contribution in [1.82, 2.24) is 4.31 Å². The second-order valence-electron chi connectivity index (χ2n) is 4.33. The molecule has 0 aliphatic carbocycles. The number of carbonyl (C=O) groups excluding carboxylic acids is 1. The van der Waals surface area contributed by atoms with E-state index in [0.29, 0.717) is 6.42 Å². The first-order valence-corrected chi connectivity index (χ1v) is 8.35. The van der Waals surface area contributed by atoms with Crippen LogP contribution < -0.4 is 5.73 Å². The standard InChI is InChI=1S/C13H19ClN2O4S/c1-3-7-16(9-13(17)20-4-2)21(18,19)10-5-6-11(14)12(15)8-10/h5-6,8H,3-4,7,9,15H2,1-2H3. The fourth-order valence-corrected chi connectivity index (χ4v) is 3.35. The first-order chi connectivity index (χ1) is 9.82. The Morgan fingerprint density at radius 3 is 2.57 bits per heavy atom. The molecule has 0 unspecified atom stereocenters. The number of benzene rings is 1. The summed E-state index contributed by atoms with van der Waals surface area (Å²) in [6.45, 7) is 3.57. The monoisotopic (exact) mass is 334 g/mol. The van der Waals surface area contributed by atoms with Gasteiger partial charge in [0.1, 0.15) is 6.54 Å². The van der Waals surface area contributed by atoms with E-state index >= 15 is 0 Å². The van der Waals surface area contributed by atoms with Gasteiger partial charge in [0.15, 0.2) is 0 Å². The van der Waals surface area contributed by atoms with Crippen LogP contribution in [0.1, 0.15) is 20.3 Å². The Morgan fingerprint density at radius 2 is 2.05 bits per heavy atom. The van der Waals surface area contributed by atoms with Gasteiger partial charge in [-0.1, -0.05) is 18.5 Å². The minimum absolute atomic E-state index is 0.00199. The van der Waals surface area contributed by atoms with Crippen molar-refractivity contribution in [3.8, 4) is 0 Å². The van der Waals surface area contributed by atoms with E-state index in [2.05, 4.69) is 0 Å². The second-order valence-corrected chi connectivity index (χ2v) is 6.67. The first kappa shape index (κ1) is 17.7. The van der Waals surface area contributed by atoms with Crippen molar-refractivity contribution in [2.24, 2.45) is 0 Å². The number of hydrogen-bond donors (Lipinski definition) is 1. The molecule has 0 saturated carbocycles. The zero-order valence-electron chi connectivity index (χ0n) is 12.0. The summed E-state index contributed by atoms with van der Waals surface area (Å²) in [6.07, 6.45) is 0.571. The van der Waals surface area contributed by atoms with Crippen LogP contribution in [0, 0.1) is 0 Å². The zero-order chi connectivity index (χ0) is 16.0. The van der Waals surface area contributed by atoms with E-state index in [9.17, 15) is 13.2 Å². The van der Waals surface area contributed by atoms with Crippen LogP contribution in [0.3, 0.4) is 0 Å². The number of sulfonamides is 1. The Bertz CT molecular complexity index is 604. The van der Waals surface area contributed by atoms with Crippen LogP contribution in [0.5, 0.6) is 0 Å². The molecule has 0 aliphatic heterocycles. The van der Waals surface area contributed by atoms with Gasteiger partial charge in [-0.3, -0.25) is 4.79 Å². The fraction of sp³-hybridized carbons (Fsp3) is 0.462. The Balaban J connectivity index is 3.09. The zero-order valence-corrected chi connectivity index (χ0v) is 13.6. The van der Waals surface area contributed by atoms with Gasteiger partial charge in [0.25, 0.3) is 0 Å². The lowest BCUT2D eigenvalue weighted by atomic mass is 10.3. The quantitative estimate of drug-likeness (QED) is 0.607. The van der Waals surface area contributed by atoms with Gasteiger partial charge >= 0.3 is 5.97 Å². The number of ether oxygens (including phenoxy) is 1. The highest BCUT2D eigenvalue weighted by Crippen LogP contribution is 2.24. The summed E-state index contributed by atoms with van der Waals surface area (Å²) < 4.78 is 31.0. The Morgan fingerprint density at radius 1 is 1.38 bits per heavy atom. The predicted octanol–water partition coefficient (Wildman–Crippen LogP) is 1.89. The number of nitrogens with zero attached hydrogens (tertiary/aromatic N) is 1. The van der Waals surface area contributed by atoms with Crippen LogP contribution >= 0.6 is 11.6 Å². The fourth-order valence-electron chi connectivity index (χ4n) is 1.72. The number of halogens is 1. The minimum Gasteiger partial charge on any atom is -0.465 e. The van der Waals surface area contributed by atoms with E-state index in [1.54, 1.807) is 6.92 Å². The van der Waals surface area contributed by atoms with Crippen LogP contribution in [0.15, 0.2) is 23.1 Å². The summed E-state index contributed by atoms with van der Waals surface area (Å²) in [5, 5.41) is 0.279. The van der Waals surface area contributed by atoms with Crippen molar-refractivity contribution in [2.45, 2.75) is 25.2 Å². The SMILES string of the molecule is CCCN(CC(=O)OCC)S(=O)(=O)c1ccc(Cl)c(N)c1. The van der Waals surface area contributed by atoms with Crippen molar-refractivity contribution in [2.75, 3.05) is 25.4 Å². The molecule has 0 aromatic heterocycles. The number of nitrogen functional groups attached to an aromatic ring is 1. The lowest BCUT2D eigenvalue weighted by molar-refractivity contribution is -0.143. The number of carbonyl (C=O) groups is 1. The van der Waals surface area contributed by atoms with E-state index in [-0.39, 0.29) is 35.3 Å². The third-order valence-corrected chi connectivity index (χ3v) is 4.87. The number of rotatable bonds is 7. The Labute approximate surface area is 129 Å². The van der Waals surface area contributed by atoms with Crippen LogP contribution in [0.2, 0.25) is 5.02 Å². The maximum Gasteiger partial charge on any atom is 0.321 e. The number of hydrogen-bond acceptors (Lipinski definition) is 5. The average Bonchev–Trinajstić information content (AvgIpc) is 2.41. The molecule has 0 atom stereocenters. The van der Waals surface area contributed by atoms with Crippen LogP contribution in [-0.2, 0) is 19.6 Å². The summed E-state index contributed by atoms with van der Waals surface area (Å²) in [7, 11) is -3.82. The van der Waals surface area contributed by atoms with Gasteiger partial charge in [0, 0.05) is 6.54 Å². The van der Waals surface area contributed by atoms with Gasteiger partial charge in [0.05, 0.1) is 22.2 Å². The van der Waals surface area contributed by atoms with Gasteiger partial charge in [-0.15, -0.1) is 0 Å². The third kappa shape index (κ3) is 4.59. The van der Waals surface area contributed by atoms with E-state index in [1.165, 1.54) is 18.2 Å². The van der Waals surface area contributed by atoms with E-state index in [0.717, 1.165) is 4.31 Å². The van der Waals surface area contributed by atoms with E-state index in [4.69, 9.17) is 22.1 Å². The molecule has 1 aromatic carbocycles. The van der Waals surface area contributed by atoms with Crippen molar-refractivity contribution in [1.29, 1.82) is 0 Å². The van der Waals surface area contributed by atoms with Gasteiger partial charge in [-0.05, 0) is 31.5 Å². The normalized spacial score (nSPS) is 11.6. The van der Waals surface area contributed by atoms with Gasteiger partial charge in [-0.2, -0.15) is 4.31 Å². The highest BCUT2D eigenvalue weighted by molar-refractivity contribution is 7.89. The molecule has 0 saturated heterocycles. The smallest absolute Gasteiger partial charge is 0.321 e. The molecule has 1 aromatic rings. The van der Waals surface area contributed by atoms with E-state index in [1.807, 2.05) is 6.92 Å². The molecule has 8 heteroatoms. The summed E-state index contributed by atoms with van der Waals surface area (Å²) in [4.78, 5) is 11.6. The average molecular weight is 335 g/mol. The minimum atomic E-state index is -3.82. The van der Waals surface area contributed by atoms with Gasteiger partial charge in [-0.25, -0.2) is 8.42 Å². The number of esters is 1. The topological polar surface area (TPSA) is 89.7 Å². The van der Waals surface area contributed by atoms with Crippen molar-refractivity contribution in [3.05, 3.63) is 23.2 Å². The molecule has 0 aliphatic rings. The first-order valence-electron chi connectivity index (χ1n) is 6.53. The Hall–Kier alpha value is -1.31. The summed E-state index contributed by atoms with van der Waals surface area (Å²) >= 11 is 5.79. The van der Waals surface area contributed by atoms with Crippen molar-refractivity contribution >= 4 is 33.3 Å². The van der Waals surface area contributed by atoms with Crippen LogP contribution in [0.25, 0.3) is 0 Å². The predicted molar refractivity (Wildman–Crippen MR) is 81.5 cm³/mol. The van der Waals surface area contributed by atoms with Crippen molar-refractivity contribution in [3.63, 3.8) is 0 Å². The second kappa shape index (κ2) is 7.63. The highest BCUT2D eigenvalue weighted by atomic mass is 35.5. The van der Waals surface area contributed by atoms with Gasteiger partial charge in [0.2, 0.25) is 10.0 Å². The maximum atomic E-state index is 12.5. The molecule has 0 fully saturated rings. The van der Waals surface area contributed by atoms with Crippen molar-refractivity contribution < 1.29 is 17.9 Å². The molecule has 0 bridgehead atoms. The summed E-state index contributed by atoms with van der Waals surface area (Å²) in [5.74, 6) is -0.587. The summed E-state index contributed by atoms with van der Waals surface area (Å²) in [5.41, 5.74) is 5.81. The molecule has 2 N–H and O–H groups in total. The van der Waals surface area contributed by atoms with Crippen LogP contribution in [-0.4, -0.2) is 38.4 Å². The molecular weight excluding hydrogens is 316 g/mol. The summed E-state index contributed by atoms with van der Waals surface area (Å²) in [6, 6.07) is 4.06. The molecular formula is C13H19ClN2O4S. The van der Waals surface area contributed by atoms with E-state index < -0.39 is 16.0 Å². The molecule has 0 radical (unpaired) electrons. The molecule has 0 spiro atoms. The molecule has 1 rings (SSSR count). The van der Waals surface area contributed by atoms with Gasteiger partial charge < -0.3 is 10.5 Å². The highest BCUT2D eigenvalue weighted by Gasteiger charge is 2.26. The lowest BCUT2D eigenvalue weighted by Crippen LogP contribution is -2.37. The Kier molecular flexibility index (Phi) is 6.44. The van der Waals surface area contributed by atoms with Crippen LogP contribution in [0.4, 0.5) is 5.69 Å². The molecule has 0 amide bonds. The molecule has 21 heavy (non-hydrogen) atoms. The lowest BCUT2D eigenvalue weighted by Gasteiger charge is -2.21. The maximum absolute atomic E-state index is 12.5. The molecule has 0 heterocycles. The molecule has 6 nitrogen and oxygen atoms in total. The number of anilines is 1. The third-order valence-electron chi connectivity index (χ3n) is 2.69. The molecule has 118 valence electrons. The number of nitrogens with two attached hydrogens (primary N) is 1. The largest absolute Gasteiger partial charge is 0.465 e.